The van der Waals surface area contributed by atoms with Crippen LogP contribution in [0.4, 0.5) is 8.78 Å². The van der Waals surface area contributed by atoms with Gasteiger partial charge in [0.15, 0.2) is 0 Å². The average molecular weight is 305 g/mol. The SMILES string of the molecule is C[C@@]1(C(=O)O)C[C@@H](F)CN1S(=O)(=O)c1ccc(F)cc1. The van der Waals surface area contributed by atoms with Crippen LogP contribution < -0.4 is 0 Å². The molecule has 0 aromatic heterocycles. The van der Waals surface area contributed by atoms with E-state index in [9.17, 15) is 27.1 Å². The highest BCUT2D eigenvalue weighted by Crippen LogP contribution is 2.36. The Labute approximate surface area is 114 Å². The van der Waals surface area contributed by atoms with Crippen LogP contribution in [-0.2, 0) is 14.8 Å². The molecule has 8 heteroatoms. The molecule has 5 nitrogen and oxygen atoms in total. The van der Waals surface area contributed by atoms with Gasteiger partial charge in [0.25, 0.3) is 0 Å². The predicted octanol–water partition coefficient (Wildman–Crippen LogP) is 1.40. The molecule has 2 atom stereocenters. The molecule has 1 aliphatic rings. The molecule has 0 bridgehead atoms. The molecule has 1 heterocycles. The van der Waals surface area contributed by atoms with Crippen molar-refractivity contribution in [1.29, 1.82) is 0 Å². The van der Waals surface area contributed by atoms with Gasteiger partial charge in [0, 0.05) is 13.0 Å². The van der Waals surface area contributed by atoms with Gasteiger partial charge in [0.05, 0.1) is 4.90 Å². The number of carboxylic acid groups (broad SMARTS) is 1. The summed E-state index contributed by atoms with van der Waals surface area (Å²) in [5, 5.41) is 9.18. The summed E-state index contributed by atoms with van der Waals surface area (Å²) in [6, 6.07) is 3.96. The van der Waals surface area contributed by atoms with E-state index >= 15 is 0 Å². The van der Waals surface area contributed by atoms with Crippen molar-refractivity contribution in [3.63, 3.8) is 0 Å². The van der Waals surface area contributed by atoms with Crippen molar-refractivity contribution < 1.29 is 27.1 Å². The van der Waals surface area contributed by atoms with Gasteiger partial charge in [-0.2, -0.15) is 4.31 Å². The van der Waals surface area contributed by atoms with E-state index in [0.29, 0.717) is 4.31 Å². The first-order valence-corrected chi connectivity index (χ1v) is 7.28. The summed E-state index contributed by atoms with van der Waals surface area (Å²) in [6.45, 7) is 0.637. The number of rotatable bonds is 3. The summed E-state index contributed by atoms with van der Waals surface area (Å²) in [7, 11) is -4.20. The van der Waals surface area contributed by atoms with Gasteiger partial charge in [0.2, 0.25) is 10.0 Å². The minimum atomic E-state index is -4.20. The summed E-state index contributed by atoms with van der Waals surface area (Å²) < 4.78 is 51.7. The second kappa shape index (κ2) is 4.78. The number of aliphatic carboxylic acids is 1. The van der Waals surface area contributed by atoms with Gasteiger partial charge in [-0.05, 0) is 31.2 Å². The highest BCUT2D eigenvalue weighted by molar-refractivity contribution is 7.89. The molecule has 0 spiro atoms. The van der Waals surface area contributed by atoms with E-state index in [2.05, 4.69) is 0 Å². The third kappa shape index (κ3) is 2.29. The Morgan fingerprint density at radius 1 is 1.40 bits per heavy atom. The van der Waals surface area contributed by atoms with E-state index in [0.717, 1.165) is 31.2 Å². The number of sulfonamides is 1. The van der Waals surface area contributed by atoms with Gasteiger partial charge in [-0.3, -0.25) is 4.79 Å². The quantitative estimate of drug-likeness (QED) is 0.916. The van der Waals surface area contributed by atoms with Gasteiger partial charge < -0.3 is 5.11 Å². The zero-order chi connectivity index (χ0) is 15.1. The van der Waals surface area contributed by atoms with E-state index in [1.807, 2.05) is 0 Å². The Morgan fingerprint density at radius 2 is 1.95 bits per heavy atom. The molecular formula is C12H13F2NO4S. The maximum Gasteiger partial charge on any atom is 0.324 e. The molecule has 1 fully saturated rings. The number of nitrogens with zero attached hydrogens (tertiary/aromatic N) is 1. The lowest BCUT2D eigenvalue weighted by molar-refractivity contribution is -0.146. The monoisotopic (exact) mass is 305 g/mol. The third-order valence-electron chi connectivity index (χ3n) is 3.40. The van der Waals surface area contributed by atoms with Crippen LogP contribution in [0.15, 0.2) is 29.2 Å². The van der Waals surface area contributed by atoms with Crippen LogP contribution in [0.3, 0.4) is 0 Å². The molecule has 1 aliphatic heterocycles. The first kappa shape index (κ1) is 14.9. The van der Waals surface area contributed by atoms with Crippen molar-refractivity contribution in [2.45, 2.75) is 30.0 Å². The molecule has 0 unspecified atom stereocenters. The van der Waals surface area contributed by atoms with Crippen molar-refractivity contribution in [1.82, 2.24) is 4.31 Å². The lowest BCUT2D eigenvalue weighted by atomic mass is 10.0. The largest absolute Gasteiger partial charge is 0.480 e. The Morgan fingerprint density at radius 3 is 2.45 bits per heavy atom. The fourth-order valence-electron chi connectivity index (χ4n) is 2.27. The number of carbonyl (C=O) groups is 1. The molecule has 1 aromatic rings. The first-order valence-electron chi connectivity index (χ1n) is 5.84. The molecule has 0 amide bonds. The number of halogens is 2. The van der Waals surface area contributed by atoms with Crippen LogP contribution in [0, 0.1) is 5.82 Å². The molecule has 0 saturated carbocycles. The van der Waals surface area contributed by atoms with Crippen molar-refractivity contribution in [2.75, 3.05) is 6.54 Å². The van der Waals surface area contributed by atoms with Crippen LogP contribution in [0.1, 0.15) is 13.3 Å². The lowest BCUT2D eigenvalue weighted by Crippen LogP contribution is -2.50. The minimum Gasteiger partial charge on any atom is -0.480 e. The molecule has 1 N–H and O–H groups in total. The van der Waals surface area contributed by atoms with E-state index in [1.165, 1.54) is 0 Å². The molecule has 1 saturated heterocycles. The highest BCUT2D eigenvalue weighted by Gasteiger charge is 2.53. The zero-order valence-corrected chi connectivity index (χ0v) is 11.4. The summed E-state index contributed by atoms with van der Waals surface area (Å²) >= 11 is 0. The van der Waals surface area contributed by atoms with E-state index in [4.69, 9.17) is 0 Å². The number of hydrogen-bond acceptors (Lipinski definition) is 3. The van der Waals surface area contributed by atoms with E-state index in [1.54, 1.807) is 0 Å². The minimum absolute atomic E-state index is 0.263. The second-order valence-corrected chi connectivity index (χ2v) is 6.73. The maximum atomic E-state index is 13.5. The number of carboxylic acids is 1. The standard InChI is InChI=1S/C12H13F2NO4S/c1-12(11(16)17)6-9(14)7-15(12)20(18,19)10-4-2-8(13)3-5-10/h2-5,9H,6-7H2,1H3,(H,16,17)/t9-,12+/m1/s1. The summed E-state index contributed by atoms with van der Waals surface area (Å²) in [5.74, 6) is -2.03. The van der Waals surface area contributed by atoms with Gasteiger partial charge in [-0.15, -0.1) is 0 Å². The summed E-state index contributed by atoms with van der Waals surface area (Å²) in [5.41, 5.74) is -1.84. The highest BCUT2D eigenvalue weighted by atomic mass is 32.2. The molecule has 0 radical (unpaired) electrons. The topological polar surface area (TPSA) is 74.7 Å². The van der Waals surface area contributed by atoms with Gasteiger partial charge in [-0.1, -0.05) is 0 Å². The average Bonchev–Trinajstić information content (AvgIpc) is 2.67. The summed E-state index contributed by atoms with van der Waals surface area (Å²) in [6.07, 6.45) is -1.96. The Bertz CT molecular complexity index is 631. The first-order chi connectivity index (χ1) is 9.18. The van der Waals surface area contributed by atoms with Crippen LogP contribution >= 0.6 is 0 Å². The van der Waals surface area contributed by atoms with E-state index in [-0.39, 0.29) is 4.90 Å². The zero-order valence-electron chi connectivity index (χ0n) is 10.6. The Kier molecular flexibility index (Phi) is 3.55. The van der Waals surface area contributed by atoms with Crippen molar-refractivity contribution in [3.8, 4) is 0 Å². The maximum absolute atomic E-state index is 13.5. The number of hydrogen-bond donors (Lipinski definition) is 1. The molecule has 2 rings (SSSR count). The molecule has 110 valence electrons. The van der Waals surface area contributed by atoms with Crippen molar-refractivity contribution in [3.05, 3.63) is 30.1 Å². The molecule has 0 aliphatic carbocycles. The molecule has 20 heavy (non-hydrogen) atoms. The van der Waals surface area contributed by atoms with Gasteiger partial charge in [-0.25, -0.2) is 17.2 Å². The predicted molar refractivity (Wildman–Crippen MR) is 65.8 cm³/mol. The smallest absolute Gasteiger partial charge is 0.324 e. The molecular weight excluding hydrogens is 292 g/mol. The number of alkyl halides is 1. The third-order valence-corrected chi connectivity index (χ3v) is 5.40. The van der Waals surface area contributed by atoms with Crippen LogP contribution in [0.5, 0.6) is 0 Å². The van der Waals surface area contributed by atoms with Gasteiger partial charge in [0.1, 0.15) is 17.5 Å². The normalized spacial score (nSPS) is 27.6. The molecule has 1 aromatic carbocycles. The lowest BCUT2D eigenvalue weighted by Gasteiger charge is -2.29. The Balaban J connectivity index is 2.48. The fourth-order valence-corrected chi connectivity index (χ4v) is 4.05. The van der Waals surface area contributed by atoms with E-state index < -0.39 is 46.5 Å². The van der Waals surface area contributed by atoms with Gasteiger partial charge >= 0.3 is 5.97 Å². The second-order valence-electron chi connectivity index (χ2n) is 4.87. The van der Waals surface area contributed by atoms with Crippen LogP contribution in [0.25, 0.3) is 0 Å². The van der Waals surface area contributed by atoms with Crippen molar-refractivity contribution in [2.24, 2.45) is 0 Å². The Hall–Kier alpha value is -1.54. The van der Waals surface area contributed by atoms with Crippen molar-refractivity contribution >= 4 is 16.0 Å². The number of benzene rings is 1. The fraction of sp³-hybridized carbons (Fsp3) is 0.417. The van der Waals surface area contributed by atoms with Crippen LogP contribution in [0.2, 0.25) is 0 Å². The summed E-state index contributed by atoms with van der Waals surface area (Å²) in [4.78, 5) is 11.0. The van der Waals surface area contributed by atoms with Crippen LogP contribution in [-0.4, -0.2) is 42.1 Å².